The zero-order chi connectivity index (χ0) is 17.7. The Labute approximate surface area is 143 Å². The molecule has 1 aromatic rings. The van der Waals surface area contributed by atoms with Gasteiger partial charge in [-0.15, -0.1) is 6.42 Å². The molecule has 0 bridgehead atoms. The number of hydrogen-bond acceptors (Lipinski definition) is 6. The quantitative estimate of drug-likeness (QED) is 0.463. The van der Waals surface area contributed by atoms with E-state index in [4.69, 9.17) is 11.2 Å². The number of rotatable bonds is 5. The maximum atomic E-state index is 12.4. The highest BCUT2D eigenvalue weighted by Gasteiger charge is 2.41. The molecule has 1 atom stereocenters. The number of carbonyl (C=O) groups excluding carboxylic acids is 3. The van der Waals surface area contributed by atoms with E-state index in [2.05, 4.69) is 10.7 Å². The van der Waals surface area contributed by atoms with Crippen molar-refractivity contribution in [1.82, 2.24) is 4.90 Å². The second kappa shape index (κ2) is 7.70. The highest BCUT2D eigenvalue weighted by Crippen LogP contribution is 2.34. The molecular formula is C17H15NO5S. The van der Waals surface area contributed by atoms with Crippen LogP contribution in [0.2, 0.25) is 0 Å². The third-order valence-electron chi connectivity index (χ3n) is 3.25. The summed E-state index contributed by atoms with van der Waals surface area (Å²) in [5, 5.41) is -0.502. The zero-order valence-electron chi connectivity index (χ0n) is 13.1. The lowest BCUT2D eigenvalue weighted by molar-refractivity contribution is -0.148. The molecule has 0 N–H and O–H groups in total. The fraction of sp³-hybridized carbons (Fsp3) is 0.235. The summed E-state index contributed by atoms with van der Waals surface area (Å²) < 4.78 is 9.84. The Kier molecular flexibility index (Phi) is 5.66. The molecule has 2 rings (SSSR count). The van der Waals surface area contributed by atoms with Gasteiger partial charge >= 0.3 is 5.97 Å². The molecule has 1 aliphatic heterocycles. The first kappa shape index (κ1) is 17.6. The maximum absolute atomic E-state index is 12.4. The molecule has 24 heavy (non-hydrogen) atoms. The molecular weight excluding hydrogens is 330 g/mol. The van der Waals surface area contributed by atoms with Gasteiger partial charge in [-0.1, -0.05) is 18.1 Å². The Morgan fingerprint density at radius 3 is 2.62 bits per heavy atom. The Morgan fingerprint density at radius 2 is 2.04 bits per heavy atom. The van der Waals surface area contributed by atoms with Crippen molar-refractivity contribution in [3.8, 4) is 18.1 Å². The molecule has 1 saturated heterocycles. The van der Waals surface area contributed by atoms with Gasteiger partial charge in [0.25, 0.3) is 11.1 Å². The largest absolute Gasteiger partial charge is 0.481 e. The molecule has 0 spiro atoms. The SMILES string of the molecule is C#CCOc1ccc(/C=C2/SC(=O)N([C@H](C)C(=O)OC)C2=O)cc1. The zero-order valence-corrected chi connectivity index (χ0v) is 14.0. The maximum Gasteiger partial charge on any atom is 0.328 e. The average Bonchev–Trinajstić information content (AvgIpc) is 2.86. The standard InChI is InChI=1S/C17H15NO5S/c1-4-9-23-13-7-5-12(6-8-13)10-14-15(19)18(17(21)24-14)11(2)16(20)22-3/h1,5-8,10-11H,9H2,2-3H3/b14-10+/t11-/m1/s1. The summed E-state index contributed by atoms with van der Waals surface area (Å²) in [5.74, 6) is 1.81. The molecule has 6 nitrogen and oxygen atoms in total. The number of amides is 2. The van der Waals surface area contributed by atoms with Crippen molar-refractivity contribution < 1.29 is 23.9 Å². The molecule has 0 aliphatic carbocycles. The van der Waals surface area contributed by atoms with Crippen LogP contribution in [0.25, 0.3) is 6.08 Å². The van der Waals surface area contributed by atoms with Crippen LogP contribution < -0.4 is 4.74 Å². The lowest BCUT2D eigenvalue weighted by Crippen LogP contribution is -2.42. The lowest BCUT2D eigenvalue weighted by atomic mass is 10.2. The van der Waals surface area contributed by atoms with Crippen LogP contribution in [0.4, 0.5) is 4.79 Å². The monoisotopic (exact) mass is 345 g/mol. The fourth-order valence-electron chi connectivity index (χ4n) is 2.03. The molecule has 1 aromatic carbocycles. The van der Waals surface area contributed by atoms with Gasteiger partial charge in [0.1, 0.15) is 18.4 Å². The summed E-state index contributed by atoms with van der Waals surface area (Å²) in [6.07, 6.45) is 6.70. The van der Waals surface area contributed by atoms with Gasteiger partial charge in [-0.05, 0) is 42.5 Å². The minimum Gasteiger partial charge on any atom is -0.481 e. The van der Waals surface area contributed by atoms with Crippen molar-refractivity contribution in [3.05, 3.63) is 34.7 Å². The normalized spacial score (nSPS) is 16.9. The molecule has 0 saturated carbocycles. The predicted molar refractivity (Wildman–Crippen MR) is 90.1 cm³/mol. The molecule has 124 valence electrons. The highest BCUT2D eigenvalue weighted by molar-refractivity contribution is 8.18. The minimum atomic E-state index is -0.965. The number of benzene rings is 1. The van der Waals surface area contributed by atoms with Gasteiger partial charge in [0.05, 0.1) is 12.0 Å². The van der Waals surface area contributed by atoms with Gasteiger partial charge in [0, 0.05) is 0 Å². The van der Waals surface area contributed by atoms with Gasteiger partial charge in [-0.2, -0.15) is 0 Å². The van der Waals surface area contributed by atoms with E-state index < -0.39 is 23.2 Å². The molecule has 1 heterocycles. The van der Waals surface area contributed by atoms with Crippen LogP contribution in [0, 0.1) is 12.3 Å². The van der Waals surface area contributed by atoms with Gasteiger partial charge in [0.2, 0.25) is 0 Å². The van der Waals surface area contributed by atoms with Gasteiger partial charge in [0.15, 0.2) is 0 Å². The van der Waals surface area contributed by atoms with Crippen LogP contribution in [0.1, 0.15) is 12.5 Å². The van der Waals surface area contributed by atoms with E-state index in [1.165, 1.54) is 14.0 Å². The lowest BCUT2D eigenvalue weighted by Gasteiger charge is -2.18. The second-order valence-electron chi connectivity index (χ2n) is 4.81. The number of imide groups is 1. The highest BCUT2D eigenvalue weighted by atomic mass is 32.2. The van der Waals surface area contributed by atoms with Crippen molar-refractivity contribution in [2.45, 2.75) is 13.0 Å². The molecule has 0 radical (unpaired) electrons. The summed E-state index contributed by atoms with van der Waals surface area (Å²) >= 11 is 0.784. The first-order valence-electron chi connectivity index (χ1n) is 6.99. The van der Waals surface area contributed by atoms with Crippen LogP contribution in [-0.2, 0) is 14.3 Å². The number of thioether (sulfide) groups is 1. The second-order valence-corrected chi connectivity index (χ2v) is 5.81. The number of terminal acetylenes is 1. The molecule has 0 aromatic heterocycles. The van der Waals surface area contributed by atoms with E-state index in [-0.39, 0.29) is 11.5 Å². The van der Waals surface area contributed by atoms with Crippen LogP contribution >= 0.6 is 11.8 Å². The van der Waals surface area contributed by atoms with Crippen molar-refractivity contribution in [2.75, 3.05) is 13.7 Å². The Hall–Kier alpha value is -2.72. The molecule has 0 unspecified atom stereocenters. The first-order chi connectivity index (χ1) is 11.5. The number of ether oxygens (including phenoxy) is 2. The predicted octanol–water partition coefficient (Wildman–Crippen LogP) is 2.30. The molecule has 2 amide bonds. The van der Waals surface area contributed by atoms with Gasteiger partial charge < -0.3 is 9.47 Å². The number of hydrogen-bond donors (Lipinski definition) is 0. The summed E-state index contributed by atoms with van der Waals surface area (Å²) in [5.41, 5.74) is 0.722. The molecule has 1 fully saturated rings. The Morgan fingerprint density at radius 1 is 1.38 bits per heavy atom. The smallest absolute Gasteiger partial charge is 0.328 e. The Bertz CT molecular complexity index is 732. The minimum absolute atomic E-state index is 0.170. The van der Waals surface area contributed by atoms with E-state index in [1.54, 1.807) is 30.3 Å². The third kappa shape index (κ3) is 3.78. The summed E-state index contributed by atoms with van der Waals surface area (Å²) in [6, 6.07) is 5.94. The van der Waals surface area contributed by atoms with Crippen molar-refractivity contribution in [3.63, 3.8) is 0 Å². The van der Waals surface area contributed by atoms with Gasteiger partial charge in [-0.3, -0.25) is 14.5 Å². The van der Waals surface area contributed by atoms with E-state index >= 15 is 0 Å². The van der Waals surface area contributed by atoms with E-state index in [0.29, 0.717) is 5.75 Å². The van der Waals surface area contributed by atoms with Crippen LogP contribution in [0.15, 0.2) is 29.2 Å². The number of carbonyl (C=O) groups is 3. The third-order valence-corrected chi connectivity index (χ3v) is 4.14. The number of nitrogens with zero attached hydrogens (tertiary/aromatic N) is 1. The van der Waals surface area contributed by atoms with Crippen molar-refractivity contribution in [1.29, 1.82) is 0 Å². The summed E-state index contributed by atoms with van der Waals surface area (Å²) in [6.45, 7) is 1.62. The number of esters is 1. The van der Waals surface area contributed by atoms with Gasteiger partial charge in [-0.25, -0.2) is 4.79 Å². The van der Waals surface area contributed by atoms with Crippen LogP contribution in [0.5, 0.6) is 5.75 Å². The first-order valence-corrected chi connectivity index (χ1v) is 7.80. The van der Waals surface area contributed by atoms with Crippen molar-refractivity contribution >= 4 is 35.0 Å². The average molecular weight is 345 g/mol. The molecule has 1 aliphatic rings. The van der Waals surface area contributed by atoms with Crippen LogP contribution in [0.3, 0.4) is 0 Å². The fourth-order valence-corrected chi connectivity index (χ4v) is 2.93. The number of methoxy groups -OCH3 is 1. The van der Waals surface area contributed by atoms with Crippen molar-refractivity contribution in [2.24, 2.45) is 0 Å². The Balaban J connectivity index is 2.16. The van der Waals surface area contributed by atoms with Crippen LogP contribution in [-0.4, -0.2) is 41.8 Å². The summed E-state index contributed by atoms with van der Waals surface area (Å²) in [4.78, 5) is 37.0. The van der Waals surface area contributed by atoms with E-state index in [0.717, 1.165) is 22.2 Å². The van der Waals surface area contributed by atoms with E-state index in [9.17, 15) is 14.4 Å². The topological polar surface area (TPSA) is 72.9 Å². The summed E-state index contributed by atoms with van der Waals surface area (Å²) in [7, 11) is 1.21. The van der Waals surface area contributed by atoms with E-state index in [1.807, 2.05) is 0 Å². The molecule has 7 heteroatoms.